The highest BCUT2D eigenvalue weighted by Gasteiger charge is 2.27. The second-order valence-corrected chi connectivity index (χ2v) is 5.05. The quantitative estimate of drug-likeness (QED) is 0.712. The molecule has 0 fully saturated rings. The van der Waals surface area contributed by atoms with Crippen LogP contribution in [0.5, 0.6) is 0 Å². The van der Waals surface area contributed by atoms with Crippen LogP contribution >= 0.6 is 55.1 Å². The number of carbonyl (C=O) groups is 1. The standard InChI is InChI=1S/C3H2Br2Cl2O/c4-1-2(8)3(5,6)7/h1H2. The molecule has 5 heteroatoms. The van der Waals surface area contributed by atoms with Gasteiger partial charge in [0.1, 0.15) is 0 Å². The maximum absolute atomic E-state index is 10.5. The summed E-state index contributed by atoms with van der Waals surface area (Å²) in [5, 5.41) is 0.158. The molecule has 0 aromatic rings. The van der Waals surface area contributed by atoms with Gasteiger partial charge in [0, 0.05) is 0 Å². The van der Waals surface area contributed by atoms with Crippen LogP contribution in [0.25, 0.3) is 0 Å². The van der Waals surface area contributed by atoms with Crippen molar-refractivity contribution in [1.29, 1.82) is 0 Å². The van der Waals surface area contributed by atoms with Gasteiger partial charge in [-0.25, -0.2) is 0 Å². The summed E-state index contributed by atoms with van der Waals surface area (Å²) in [4.78, 5) is 10.5. The van der Waals surface area contributed by atoms with E-state index in [1.54, 1.807) is 0 Å². The number of carbonyl (C=O) groups excluding carboxylic acids is 1. The molecule has 0 spiro atoms. The summed E-state index contributed by atoms with van der Waals surface area (Å²) in [7, 11) is 0. The number of ketones is 1. The molecule has 0 saturated carbocycles. The van der Waals surface area contributed by atoms with Crippen molar-refractivity contribution in [3.05, 3.63) is 0 Å². The Labute approximate surface area is 74.0 Å². The molecule has 0 radical (unpaired) electrons. The van der Waals surface area contributed by atoms with E-state index in [0.29, 0.717) is 0 Å². The number of alkyl halides is 4. The molecule has 0 amide bonds. The normalized spacial score (nSPS) is 11.5. The lowest BCUT2D eigenvalue weighted by Gasteiger charge is -2.04. The maximum atomic E-state index is 10.5. The molecular weight excluding hydrogens is 283 g/mol. The Morgan fingerprint density at radius 2 is 2.00 bits per heavy atom. The van der Waals surface area contributed by atoms with E-state index in [2.05, 4.69) is 31.9 Å². The van der Waals surface area contributed by atoms with Gasteiger partial charge in [-0.05, 0) is 15.9 Å². The zero-order valence-corrected chi connectivity index (χ0v) is 8.31. The first-order valence-corrected chi connectivity index (χ1v) is 4.31. The molecule has 8 heavy (non-hydrogen) atoms. The molecule has 0 aromatic carbocycles. The van der Waals surface area contributed by atoms with Crippen molar-refractivity contribution in [3.63, 3.8) is 0 Å². The second kappa shape index (κ2) is 3.40. The van der Waals surface area contributed by atoms with Gasteiger partial charge in [0.25, 0.3) is 0 Å². The van der Waals surface area contributed by atoms with Crippen LogP contribution in [0.3, 0.4) is 0 Å². The Morgan fingerprint density at radius 3 is 2.00 bits per heavy atom. The monoisotopic (exact) mass is 282 g/mol. The molecule has 0 aliphatic carbocycles. The van der Waals surface area contributed by atoms with E-state index in [-0.39, 0.29) is 11.1 Å². The molecule has 0 aliphatic heterocycles. The maximum Gasteiger partial charge on any atom is 0.230 e. The SMILES string of the molecule is O=C(CBr)C(Cl)(Cl)Br. The number of hydrogen-bond acceptors (Lipinski definition) is 1. The Balaban J connectivity index is 3.82. The summed E-state index contributed by atoms with van der Waals surface area (Å²) in [6.07, 6.45) is 0. The van der Waals surface area contributed by atoms with Gasteiger partial charge in [-0.3, -0.25) is 4.79 Å². The van der Waals surface area contributed by atoms with Gasteiger partial charge >= 0.3 is 0 Å². The molecule has 48 valence electrons. The molecular formula is C3H2Br2Cl2O. The smallest absolute Gasteiger partial charge is 0.230 e. The molecule has 0 bridgehead atoms. The van der Waals surface area contributed by atoms with Crippen LogP contribution < -0.4 is 0 Å². The molecule has 0 rings (SSSR count). The van der Waals surface area contributed by atoms with E-state index in [1.165, 1.54) is 0 Å². The zero-order valence-electron chi connectivity index (χ0n) is 3.63. The minimum atomic E-state index is -1.42. The molecule has 0 unspecified atom stereocenters. The molecule has 0 aliphatic rings. The van der Waals surface area contributed by atoms with Gasteiger partial charge in [0.15, 0.2) is 5.78 Å². The molecule has 0 N–H and O–H groups in total. The molecule has 0 saturated heterocycles. The molecule has 0 atom stereocenters. The topological polar surface area (TPSA) is 17.1 Å². The Kier molecular flexibility index (Phi) is 3.91. The van der Waals surface area contributed by atoms with E-state index < -0.39 is 3.24 Å². The fraction of sp³-hybridized carbons (Fsp3) is 0.667. The summed E-state index contributed by atoms with van der Waals surface area (Å²) in [5.74, 6) is -0.305. The van der Waals surface area contributed by atoms with Crippen molar-refractivity contribution in [2.24, 2.45) is 0 Å². The van der Waals surface area contributed by atoms with Gasteiger partial charge in [-0.15, -0.1) is 0 Å². The first-order chi connectivity index (χ1) is 3.48. The fourth-order valence-corrected chi connectivity index (χ4v) is 1.47. The molecule has 1 nitrogen and oxygen atoms in total. The number of Topliss-reactive ketones (excluding diaryl/α,β-unsaturated/α-hetero) is 1. The highest BCUT2D eigenvalue weighted by Crippen LogP contribution is 2.29. The summed E-state index contributed by atoms with van der Waals surface area (Å²) < 4.78 is -1.42. The van der Waals surface area contributed by atoms with Crippen LogP contribution in [-0.4, -0.2) is 14.4 Å². The number of hydrogen-bond donors (Lipinski definition) is 0. The third-order valence-electron chi connectivity index (χ3n) is 0.438. The number of rotatable bonds is 2. The third kappa shape index (κ3) is 3.28. The van der Waals surface area contributed by atoms with Crippen LogP contribution in [0.2, 0.25) is 0 Å². The van der Waals surface area contributed by atoms with Gasteiger partial charge < -0.3 is 0 Å². The van der Waals surface area contributed by atoms with Gasteiger partial charge in [0.05, 0.1) is 5.33 Å². The lowest BCUT2D eigenvalue weighted by Crippen LogP contribution is -2.18. The summed E-state index contributed by atoms with van der Waals surface area (Å²) in [6.45, 7) is 0. The molecule has 0 heterocycles. The van der Waals surface area contributed by atoms with E-state index in [1.807, 2.05) is 0 Å². The van der Waals surface area contributed by atoms with Gasteiger partial charge in [0.2, 0.25) is 3.24 Å². The van der Waals surface area contributed by atoms with Crippen molar-refractivity contribution >= 4 is 60.8 Å². The first kappa shape index (κ1) is 9.21. The van der Waals surface area contributed by atoms with Crippen LogP contribution in [0.4, 0.5) is 0 Å². The lowest BCUT2D eigenvalue weighted by atomic mass is 10.5. The van der Waals surface area contributed by atoms with Gasteiger partial charge in [-0.1, -0.05) is 39.1 Å². The van der Waals surface area contributed by atoms with E-state index in [0.717, 1.165) is 0 Å². The van der Waals surface area contributed by atoms with E-state index in [4.69, 9.17) is 23.2 Å². The van der Waals surface area contributed by atoms with Crippen LogP contribution in [0.1, 0.15) is 0 Å². The average Bonchev–Trinajstić information content (AvgIpc) is 1.62. The largest absolute Gasteiger partial charge is 0.294 e. The minimum Gasteiger partial charge on any atom is -0.294 e. The summed E-state index contributed by atoms with van der Waals surface area (Å²) in [5.41, 5.74) is 0. The Morgan fingerprint density at radius 1 is 1.62 bits per heavy atom. The fourth-order valence-electron chi connectivity index (χ4n) is 0.0758. The Bertz CT molecular complexity index is 97.9. The highest BCUT2D eigenvalue weighted by molar-refractivity contribution is 9.11. The zero-order chi connectivity index (χ0) is 6.78. The molecule has 0 aromatic heterocycles. The predicted molar refractivity (Wildman–Crippen MR) is 42.2 cm³/mol. The van der Waals surface area contributed by atoms with Gasteiger partial charge in [-0.2, -0.15) is 0 Å². The van der Waals surface area contributed by atoms with E-state index in [9.17, 15) is 4.79 Å². The third-order valence-corrected chi connectivity index (χ3v) is 1.81. The van der Waals surface area contributed by atoms with Crippen molar-refractivity contribution < 1.29 is 4.79 Å². The minimum absolute atomic E-state index is 0.158. The van der Waals surface area contributed by atoms with Crippen molar-refractivity contribution in [2.75, 3.05) is 5.33 Å². The Hall–Kier alpha value is 1.21. The van der Waals surface area contributed by atoms with Crippen molar-refractivity contribution in [1.82, 2.24) is 0 Å². The van der Waals surface area contributed by atoms with Crippen molar-refractivity contribution in [2.45, 2.75) is 3.24 Å². The number of halogens is 4. The lowest BCUT2D eigenvalue weighted by molar-refractivity contribution is -0.115. The second-order valence-electron chi connectivity index (χ2n) is 1.05. The summed E-state index contributed by atoms with van der Waals surface area (Å²) in [6, 6.07) is 0. The van der Waals surface area contributed by atoms with Crippen LogP contribution in [0.15, 0.2) is 0 Å². The van der Waals surface area contributed by atoms with E-state index >= 15 is 0 Å². The van der Waals surface area contributed by atoms with Crippen molar-refractivity contribution in [3.8, 4) is 0 Å². The summed E-state index contributed by atoms with van der Waals surface area (Å²) >= 11 is 16.2. The predicted octanol–water partition coefficient (Wildman–Crippen LogP) is 2.48. The first-order valence-electron chi connectivity index (χ1n) is 1.64. The average molecular weight is 285 g/mol. The van der Waals surface area contributed by atoms with Crippen LogP contribution in [0, 0.1) is 0 Å². The highest BCUT2D eigenvalue weighted by atomic mass is 79.9. The van der Waals surface area contributed by atoms with Crippen LogP contribution in [-0.2, 0) is 4.79 Å².